The molecule has 3 nitrogen and oxygen atoms in total. The van der Waals surface area contributed by atoms with Crippen molar-refractivity contribution < 1.29 is 9.53 Å². The zero-order valence-corrected chi connectivity index (χ0v) is 17.7. The second-order valence-electron chi connectivity index (χ2n) is 10.7. The molecule has 3 saturated carbocycles. The minimum Gasteiger partial charge on any atom is -0.487 e. The standard InChI is InChI=1S/C25H35NO2/c1-23-14-13-22(27)26-21(23)10-9-18-19(23)11-15-24(2)20(18)12-16-25(24,3)28-17-7-5-4-6-8-17/h4-8,18-21H,9-16H2,1-3H3,(H,26,27)/t18-,19-,20+,21?,23-,24+,25?/m1/s1. The van der Waals surface area contributed by atoms with E-state index in [9.17, 15) is 4.79 Å². The van der Waals surface area contributed by atoms with Gasteiger partial charge in [-0.1, -0.05) is 32.0 Å². The Morgan fingerprint density at radius 2 is 1.68 bits per heavy atom. The van der Waals surface area contributed by atoms with Gasteiger partial charge in [-0.15, -0.1) is 0 Å². The second-order valence-corrected chi connectivity index (χ2v) is 10.7. The molecule has 152 valence electrons. The first kappa shape index (κ1) is 18.5. The number of para-hydroxylation sites is 1. The van der Waals surface area contributed by atoms with Crippen molar-refractivity contribution in [3.8, 4) is 5.75 Å². The molecule has 0 bridgehead atoms. The van der Waals surface area contributed by atoms with Crippen molar-refractivity contribution in [2.24, 2.45) is 28.6 Å². The van der Waals surface area contributed by atoms with Crippen LogP contribution in [0.1, 0.15) is 72.1 Å². The molecule has 7 atom stereocenters. The summed E-state index contributed by atoms with van der Waals surface area (Å²) >= 11 is 0. The van der Waals surface area contributed by atoms with E-state index in [1.807, 2.05) is 0 Å². The van der Waals surface area contributed by atoms with E-state index in [1.54, 1.807) is 0 Å². The number of carbonyl (C=O) groups excluding carboxylic acids is 1. The van der Waals surface area contributed by atoms with Gasteiger partial charge in [-0.05, 0) is 87.2 Å². The average Bonchev–Trinajstić information content (AvgIpc) is 2.94. The van der Waals surface area contributed by atoms with Crippen LogP contribution in [-0.2, 0) is 4.79 Å². The Morgan fingerprint density at radius 3 is 2.46 bits per heavy atom. The summed E-state index contributed by atoms with van der Waals surface area (Å²) in [7, 11) is 0. The minimum atomic E-state index is -0.0808. The van der Waals surface area contributed by atoms with Gasteiger partial charge in [0.05, 0.1) is 0 Å². The van der Waals surface area contributed by atoms with Crippen LogP contribution in [0.2, 0.25) is 0 Å². The molecule has 4 aliphatic rings. The number of benzene rings is 1. The number of rotatable bonds is 2. The number of hydrogen-bond donors (Lipinski definition) is 1. The molecule has 4 fully saturated rings. The van der Waals surface area contributed by atoms with E-state index in [0.29, 0.717) is 12.5 Å². The number of nitrogens with one attached hydrogen (secondary N) is 1. The Morgan fingerprint density at radius 1 is 0.929 bits per heavy atom. The molecule has 0 aromatic heterocycles. The van der Waals surface area contributed by atoms with Crippen molar-refractivity contribution in [1.29, 1.82) is 0 Å². The summed E-state index contributed by atoms with van der Waals surface area (Å²) < 4.78 is 6.70. The monoisotopic (exact) mass is 381 g/mol. The van der Waals surface area contributed by atoms with E-state index >= 15 is 0 Å². The van der Waals surface area contributed by atoms with Gasteiger partial charge in [-0.25, -0.2) is 0 Å². The maximum Gasteiger partial charge on any atom is 0.220 e. The number of carbonyl (C=O) groups is 1. The first-order valence-electron chi connectivity index (χ1n) is 11.4. The molecule has 1 aromatic rings. The third kappa shape index (κ3) is 2.50. The quantitative estimate of drug-likeness (QED) is 0.750. The maximum absolute atomic E-state index is 12.0. The van der Waals surface area contributed by atoms with Crippen molar-refractivity contribution in [2.75, 3.05) is 0 Å². The van der Waals surface area contributed by atoms with E-state index in [2.05, 4.69) is 56.4 Å². The van der Waals surface area contributed by atoms with Crippen LogP contribution in [0.15, 0.2) is 30.3 Å². The lowest BCUT2D eigenvalue weighted by molar-refractivity contribution is -0.144. The molecule has 0 radical (unpaired) electrons. The number of ether oxygens (including phenoxy) is 1. The highest BCUT2D eigenvalue weighted by Crippen LogP contribution is 2.67. The van der Waals surface area contributed by atoms with Crippen LogP contribution in [0, 0.1) is 28.6 Å². The van der Waals surface area contributed by atoms with Gasteiger partial charge in [0, 0.05) is 17.9 Å². The highest BCUT2D eigenvalue weighted by Gasteiger charge is 2.64. The van der Waals surface area contributed by atoms with Crippen LogP contribution < -0.4 is 10.1 Å². The van der Waals surface area contributed by atoms with E-state index < -0.39 is 0 Å². The van der Waals surface area contributed by atoms with Crippen molar-refractivity contribution in [1.82, 2.24) is 5.32 Å². The third-order valence-electron chi connectivity index (χ3n) is 9.71. The molecular formula is C25H35NO2. The van der Waals surface area contributed by atoms with Gasteiger partial charge in [0.1, 0.15) is 11.4 Å². The van der Waals surface area contributed by atoms with Gasteiger partial charge >= 0.3 is 0 Å². The molecule has 1 saturated heterocycles. The Balaban J connectivity index is 1.42. The molecule has 1 N–H and O–H groups in total. The van der Waals surface area contributed by atoms with Crippen molar-refractivity contribution in [3.05, 3.63) is 30.3 Å². The molecule has 3 heteroatoms. The Bertz CT molecular complexity index is 763. The summed E-state index contributed by atoms with van der Waals surface area (Å²) in [6.45, 7) is 7.36. The summed E-state index contributed by atoms with van der Waals surface area (Å²) in [6, 6.07) is 10.8. The molecule has 2 unspecified atom stereocenters. The summed E-state index contributed by atoms with van der Waals surface area (Å²) in [6.07, 6.45) is 9.20. The molecule has 1 amide bonds. The predicted molar refractivity (Wildman–Crippen MR) is 111 cm³/mol. The minimum absolute atomic E-state index is 0.0808. The fourth-order valence-electron chi connectivity index (χ4n) is 7.84. The lowest BCUT2D eigenvalue weighted by Gasteiger charge is -2.61. The summed E-state index contributed by atoms with van der Waals surface area (Å²) in [5, 5.41) is 3.35. The van der Waals surface area contributed by atoms with E-state index in [4.69, 9.17) is 4.74 Å². The van der Waals surface area contributed by atoms with Gasteiger partial charge in [0.25, 0.3) is 0 Å². The first-order chi connectivity index (χ1) is 13.4. The summed E-state index contributed by atoms with van der Waals surface area (Å²) in [4.78, 5) is 12.0. The molecule has 3 aliphatic carbocycles. The maximum atomic E-state index is 12.0. The summed E-state index contributed by atoms with van der Waals surface area (Å²) in [5.74, 6) is 3.57. The zero-order valence-electron chi connectivity index (χ0n) is 17.7. The molecule has 0 spiro atoms. The van der Waals surface area contributed by atoms with E-state index in [0.717, 1.165) is 42.8 Å². The lowest BCUT2D eigenvalue weighted by atomic mass is 9.46. The normalized spacial score (nSPS) is 47.5. The smallest absolute Gasteiger partial charge is 0.220 e. The molecule has 1 heterocycles. The number of piperidine rings is 1. The highest BCUT2D eigenvalue weighted by molar-refractivity contribution is 5.77. The highest BCUT2D eigenvalue weighted by atomic mass is 16.5. The van der Waals surface area contributed by atoms with Gasteiger partial charge in [0.15, 0.2) is 0 Å². The van der Waals surface area contributed by atoms with Crippen molar-refractivity contribution >= 4 is 5.91 Å². The van der Waals surface area contributed by atoms with Gasteiger partial charge in [0.2, 0.25) is 5.91 Å². The molecule has 28 heavy (non-hydrogen) atoms. The number of fused-ring (bicyclic) bond motifs is 5. The van der Waals surface area contributed by atoms with Crippen LogP contribution in [0.4, 0.5) is 0 Å². The molecule has 5 rings (SSSR count). The van der Waals surface area contributed by atoms with Crippen LogP contribution in [-0.4, -0.2) is 17.6 Å². The average molecular weight is 382 g/mol. The zero-order chi connectivity index (χ0) is 19.6. The van der Waals surface area contributed by atoms with Gasteiger partial charge in [-0.2, -0.15) is 0 Å². The van der Waals surface area contributed by atoms with Gasteiger partial charge in [-0.3, -0.25) is 4.79 Å². The third-order valence-corrected chi connectivity index (χ3v) is 9.71. The lowest BCUT2D eigenvalue weighted by Crippen LogP contribution is -2.62. The molecule has 1 aliphatic heterocycles. The van der Waals surface area contributed by atoms with E-state index in [-0.39, 0.29) is 22.3 Å². The topological polar surface area (TPSA) is 38.3 Å². The molecular weight excluding hydrogens is 346 g/mol. The largest absolute Gasteiger partial charge is 0.487 e. The fourth-order valence-corrected chi connectivity index (χ4v) is 7.84. The Labute approximate surface area is 169 Å². The van der Waals surface area contributed by atoms with Crippen LogP contribution >= 0.6 is 0 Å². The SMILES string of the molecule is CC1(Oc2ccccc2)CC[C@H]2[C@@H]3CCC4NC(=O)CC[C@]4(C)[C@@H]3CC[C@@]21C. The fraction of sp³-hybridized carbons (Fsp3) is 0.720. The first-order valence-corrected chi connectivity index (χ1v) is 11.4. The van der Waals surface area contributed by atoms with E-state index in [1.165, 1.54) is 25.7 Å². The second kappa shape index (κ2) is 6.24. The van der Waals surface area contributed by atoms with Crippen LogP contribution in [0.5, 0.6) is 5.75 Å². The summed E-state index contributed by atoms with van der Waals surface area (Å²) in [5.41, 5.74) is 0.449. The van der Waals surface area contributed by atoms with Crippen molar-refractivity contribution in [3.63, 3.8) is 0 Å². The number of amides is 1. The number of hydrogen-bond acceptors (Lipinski definition) is 2. The Kier molecular flexibility index (Phi) is 4.13. The van der Waals surface area contributed by atoms with Crippen LogP contribution in [0.25, 0.3) is 0 Å². The predicted octanol–water partition coefficient (Wildman–Crippen LogP) is 5.35. The van der Waals surface area contributed by atoms with Gasteiger partial charge < -0.3 is 10.1 Å². The van der Waals surface area contributed by atoms with Crippen molar-refractivity contribution in [2.45, 2.75) is 83.8 Å². The van der Waals surface area contributed by atoms with Crippen LogP contribution in [0.3, 0.4) is 0 Å². The Hall–Kier alpha value is -1.51. The molecule has 1 aromatic carbocycles.